The molecule has 0 aromatic carbocycles. The molecule has 0 aliphatic rings. The van der Waals surface area contributed by atoms with E-state index in [0.717, 1.165) is 0 Å². The highest BCUT2D eigenvalue weighted by atomic mass is 127. The zero-order valence-corrected chi connectivity index (χ0v) is 30.5. The predicted octanol–water partition coefficient (Wildman–Crippen LogP) is 8.84. The first-order valence-electron chi connectivity index (χ1n) is 3.19. The van der Waals surface area contributed by atoms with E-state index in [-0.39, 0.29) is 1.73 Å². The van der Waals surface area contributed by atoms with Gasteiger partial charge in [0.2, 0.25) is 0 Å². The van der Waals surface area contributed by atoms with Gasteiger partial charge in [-0.05, 0) is 0 Å². The van der Waals surface area contributed by atoms with E-state index in [1.54, 1.807) is 0 Å². The van der Waals surface area contributed by atoms with Crippen molar-refractivity contribution >= 4 is 248 Å². The highest BCUT2D eigenvalue weighted by molar-refractivity contribution is 14.3. The van der Waals surface area contributed by atoms with Crippen LogP contribution in [0.1, 0.15) is 0 Å². The van der Waals surface area contributed by atoms with Crippen LogP contribution >= 0.6 is 248 Å². The fourth-order valence-electron chi connectivity index (χ4n) is 0.554. The van der Waals surface area contributed by atoms with Crippen LogP contribution in [0.25, 0.3) is 0 Å². The van der Waals surface area contributed by atoms with E-state index >= 15 is 0 Å². The van der Waals surface area contributed by atoms with Crippen molar-refractivity contribution in [3.8, 4) is 0 Å². The largest absolute Gasteiger partial charge is 0.149 e. The molecule has 1 atom stereocenters. The van der Waals surface area contributed by atoms with Crippen molar-refractivity contribution in [3.05, 3.63) is 0 Å². The Kier molecular flexibility index (Phi) is 13.7. The summed E-state index contributed by atoms with van der Waals surface area (Å²) in [7, 11) is 0. The minimum atomic E-state index is 0.164. The lowest BCUT2D eigenvalue weighted by molar-refractivity contribution is 0.853. The maximum atomic E-state index is 2.63. The highest BCUT2D eigenvalue weighted by Crippen LogP contribution is 2.68. The lowest BCUT2D eigenvalue weighted by atomic mass is 10.3. The smallest absolute Gasteiger partial charge is 0.0770 e. The monoisotopic (exact) mass is 1460 g/mol. The van der Waals surface area contributed by atoms with Crippen LogP contribution in [0.3, 0.4) is 0 Å². The van der Waals surface area contributed by atoms with E-state index in [1.807, 2.05) is 0 Å². The van der Waals surface area contributed by atoms with Crippen LogP contribution in [0.15, 0.2) is 0 Å². The molecule has 0 aliphatic carbocycles. The minimum Gasteiger partial charge on any atom is -0.0770 e. The molecule has 0 aromatic heterocycles. The molecule has 0 heterocycles. The molecule has 0 nitrogen and oxygen atoms in total. The first-order chi connectivity index (χ1) is 6.65. The molecular weight excluding hydrogens is 1460 g/mol. The van der Waals surface area contributed by atoms with Gasteiger partial charge in [-0.2, -0.15) is 0 Å². The van der Waals surface area contributed by atoms with Gasteiger partial charge >= 0.3 is 0 Å². The molecule has 0 saturated carbocycles. The SMILES string of the molecule is IC(C(I)(I)I)C(I)(I)C(I)(I)C(I)(I)I. The van der Waals surface area contributed by atoms with Crippen LogP contribution in [0, 0.1) is 0 Å². The summed E-state index contributed by atoms with van der Waals surface area (Å²) >= 11 is 28.3. The van der Waals surface area contributed by atoms with Gasteiger partial charge in [-0.25, -0.2) is 0 Å². The average Bonchev–Trinajstić information content (AvgIpc) is 1.98. The molecule has 0 aromatic rings. The number of rotatable bonds is 4. The van der Waals surface area contributed by atoms with Gasteiger partial charge in [-0.15, -0.1) is 0 Å². The molecule has 0 bridgehead atoms. The van der Waals surface area contributed by atoms with Gasteiger partial charge in [0.15, 0.2) is 0 Å². The van der Waals surface area contributed by atoms with E-state index in [4.69, 9.17) is 0 Å². The van der Waals surface area contributed by atoms with Crippen LogP contribution < -0.4 is 0 Å². The van der Waals surface area contributed by atoms with Gasteiger partial charge in [0.05, 0.1) is 3.92 Å². The third-order valence-corrected chi connectivity index (χ3v) is 30.0. The maximum Gasteiger partial charge on any atom is 0.149 e. The Bertz CT molecular complexity index is 244. The van der Waals surface area contributed by atoms with E-state index in [0.29, 0.717) is 3.92 Å². The van der Waals surface area contributed by atoms with Crippen molar-refractivity contribution in [2.45, 2.75) is 5.65 Å². The number of halogens is 11. The first-order valence-corrected chi connectivity index (χ1v) is 15.2. The van der Waals surface area contributed by atoms with Gasteiger partial charge < -0.3 is 0 Å². The van der Waals surface area contributed by atoms with Crippen LogP contribution in [0.5, 0.6) is 0 Å². The van der Waals surface area contributed by atoms with Crippen LogP contribution in [-0.4, -0.2) is 5.65 Å². The lowest BCUT2D eigenvalue weighted by Gasteiger charge is -2.45. The normalized spacial score (nSPS) is 17.4. The summed E-state index contributed by atoms with van der Waals surface area (Å²) in [6.07, 6.45) is 0. The van der Waals surface area contributed by atoms with Crippen LogP contribution in [0.4, 0.5) is 0 Å². The Morgan fingerprint density at radius 2 is 0.938 bits per heavy atom. The summed E-state index contributed by atoms with van der Waals surface area (Å²) in [4.78, 5) is 0. The van der Waals surface area contributed by atoms with E-state index < -0.39 is 0 Å². The molecule has 0 aliphatic heterocycles. The van der Waals surface area contributed by atoms with E-state index in [2.05, 4.69) is 248 Å². The van der Waals surface area contributed by atoms with E-state index in [9.17, 15) is 0 Å². The summed E-state index contributed by atoms with van der Waals surface area (Å²) in [5.41, 5.74) is 0. The number of hydrogen-bond donors (Lipinski definition) is 0. The molecule has 16 heavy (non-hydrogen) atoms. The van der Waals surface area contributed by atoms with Gasteiger partial charge in [-0.1, -0.05) is 248 Å². The second-order valence-corrected chi connectivity index (χ2v) is 37.0. The van der Waals surface area contributed by atoms with Crippen molar-refractivity contribution in [2.24, 2.45) is 0 Å². The Morgan fingerprint density at radius 3 is 1.12 bits per heavy atom. The maximum absolute atomic E-state index is 2.63. The molecule has 0 spiro atoms. The summed E-state index contributed by atoms with van der Waals surface area (Å²) in [5, 5.41) is 0. The predicted molar refractivity (Wildman–Crippen MR) is 169 cm³/mol. The van der Waals surface area contributed by atoms with Gasteiger partial charge in [0, 0.05) is 0 Å². The molecular formula is C5HI11. The summed E-state index contributed by atoms with van der Waals surface area (Å²) in [6.45, 7) is 0. The molecule has 98 valence electrons. The molecule has 0 amide bonds. The second kappa shape index (κ2) is 9.11. The van der Waals surface area contributed by atoms with E-state index in [1.165, 1.54) is 0 Å². The molecule has 0 fully saturated rings. The fourth-order valence-corrected chi connectivity index (χ4v) is 13.9. The topological polar surface area (TPSA) is 0 Å². The summed E-state index contributed by atoms with van der Waals surface area (Å²) < 4.78 is 1.32. The molecule has 0 radical (unpaired) electrons. The first kappa shape index (κ1) is 24.0. The third-order valence-electron chi connectivity index (χ3n) is 1.38. The summed E-state index contributed by atoms with van der Waals surface area (Å²) in [6, 6.07) is 0. The Hall–Kier alpha value is 8.03. The molecule has 0 saturated heterocycles. The Morgan fingerprint density at radius 1 is 0.625 bits per heavy atom. The third kappa shape index (κ3) is 6.74. The molecule has 11 heteroatoms. The van der Waals surface area contributed by atoms with Gasteiger partial charge in [0.25, 0.3) is 0 Å². The lowest BCUT2D eigenvalue weighted by Crippen LogP contribution is -2.52. The Labute approximate surface area is 246 Å². The zero-order chi connectivity index (χ0) is 13.6. The zero-order valence-electron chi connectivity index (χ0n) is 6.73. The van der Waals surface area contributed by atoms with Crippen molar-refractivity contribution in [1.82, 2.24) is 0 Å². The highest BCUT2D eigenvalue weighted by Gasteiger charge is 2.61. The van der Waals surface area contributed by atoms with Crippen LogP contribution in [-0.2, 0) is 0 Å². The van der Waals surface area contributed by atoms with Crippen molar-refractivity contribution in [3.63, 3.8) is 0 Å². The number of alkyl halides is 11. The molecule has 0 N–H and O–H groups in total. The standard InChI is InChI=1S/C5HI11/c6-1(3(9,10)11)2(7,8)4(12,13)5(14,15)16/h1H. The van der Waals surface area contributed by atoms with Crippen LogP contribution in [0.2, 0.25) is 0 Å². The summed E-state index contributed by atoms with van der Waals surface area (Å²) in [5.74, 6) is 0. The van der Waals surface area contributed by atoms with Gasteiger partial charge in [-0.3, -0.25) is 0 Å². The van der Waals surface area contributed by atoms with Crippen molar-refractivity contribution in [2.75, 3.05) is 0 Å². The molecule has 0 rings (SSSR count). The second-order valence-electron chi connectivity index (χ2n) is 2.60. The Balaban J connectivity index is 5.37. The van der Waals surface area contributed by atoms with Gasteiger partial charge in [0.1, 0.15) is 1.73 Å². The minimum absolute atomic E-state index is 0.164. The average molecular weight is 1460 g/mol. The quantitative estimate of drug-likeness (QED) is 0.195. The van der Waals surface area contributed by atoms with Crippen molar-refractivity contribution in [1.29, 1.82) is 0 Å². The fraction of sp³-hybridized carbons (Fsp3) is 1.00. The van der Waals surface area contributed by atoms with Crippen molar-refractivity contribution < 1.29 is 0 Å². The number of hydrogen-bond acceptors (Lipinski definition) is 0. The molecule has 1 unspecified atom stereocenters.